The molecule has 0 N–H and O–H groups in total. The van der Waals surface area contributed by atoms with Crippen molar-refractivity contribution in [1.29, 1.82) is 0 Å². The lowest BCUT2D eigenvalue weighted by molar-refractivity contribution is -0.271. The van der Waals surface area contributed by atoms with E-state index in [2.05, 4.69) is 23.9 Å². The Morgan fingerprint density at radius 3 is 2.44 bits per heavy atom. The highest BCUT2D eigenvalue weighted by atomic mass is 17.2. The third-order valence-electron chi connectivity index (χ3n) is 2.28. The zero-order chi connectivity index (χ0) is 11.6. The third-order valence-corrected chi connectivity index (χ3v) is 2.28. The predicted octanol–water partition coefficient (Wildman–Crippen LogP) is 2.99. The van der Waals surface area contributed by atoms with E-state index < -0.39 is 0 Å². The maximum Gasteiger partial charge on any atom is 0.119 e. The van der Waals surface area contributed by atoms with Crippen LogP contribution in [0.25, 0.3) is 0 Å². The van der Waals surface area contributed by atoms with Gasteiger partial charge in [0.15, 0.2) is 0 Å². The van der Waals surface area contributed by atoms with Gasteiger partial charge >= 0.3 is 0 Å². The molecule has 0 aromatic heterocycles. The van der Waals surface area contributed by atoms with E-state index in [9.17, 15) is 0 Å². The number of benzene rings is 1. The van der Waals surface area contributed by atoms with Crippen molar-refractivity contribution in [2.45, 2.75) is 26.2 Å². The number of hydrogen-bond acceptors (Lipinski definition) is 3. The number of hydrogen-bond donors (Lipinski definition) is 0. The molecular weight excluding hydrogens is 204 g/mol. The fraction of sp³-hybridized carbons (Fsp3) is 0.538. The smallest absolute Gasteiger partial charge is 0.119 e. The second-order valence-electron chi connectivity index (χ2n) is 3.58. The fourth-order valence-electron chi connectivity index (χ4n) is 1.33. The minimum Gasteiger partial charge on any atom is -0.494 e. The highest BCUT2D eigenvalue weighted by Crippen LogP contribution is 2.13. The molecule has 0 unspecified atom stereocenters. The van der Waals surface area contributed by atoms with E-state index in [-0.39, 0.29) is 0 Å². The molecule has 0 saturated heterocycles. The van der Waals surface area contributed by atoms with Crippen LogP contribution in [0, 0.1) is 0 Å². The molecule has 0 atom stereocenters. The molecule has 0 fully saturated rings. The van der Waals surface area contributed by atoms with Crippen molar-refractivity contribution in [3.05, 3.63) is 29.8 Å². The number of unbranched alkanes of at least 4 members (excludes halogenated alkanes) is 1. The highest BCUT2D eigenvalue weighted by molar-refractivity contribution is 5.27. The summed E-state index contributed by atoms with van der Waals surface area (Å²) in [6.07, 6.45) is 3.11. The lowest BCUT2D eigenvalue weighted by atomic mass is 10.1. The average Bonchev–Trinajstić information content (AvgIpc) is 2.32. The average molecular weight is 224 g/mol. The largest absolute Gasteiger partial charge is 0.494 e. The van der Waals surface area contributed by atoms with Gasteiger partial charge in [0.1, 0.15) is 5.75 Å². The van der Waals surface area contributed by atoms with Crippen LogP contribution in [0.1, 0.15) is 25.3 Å². The monoisotopic (exact) mass is 224 g/mol. The predicted molar refractivity (Wildman–Crippen MR) is 63.5 cm³/mol. The molecule has 3 heteroatoms. The summed E-state index contributed by atoms with van der Waals surface area (Å²) in [5.74, 6) is 0.935. The van der Waals surface area contributed by atoms with Crippen LogP contribution in [0.15, 0.2) is 24.3 Å². The van der Waals surface area contributed by atoms with Gasteiger partial charge in [-0.05, 0) is 30.5 Å². The first-order valence-corrected chi connectivity index (χ1v) is 5.74. The van der Waals surface area contributed by atoms with Gasteiger partial charge in [-0.15, -0.1) is 0 Å². The molecule has 1 rings (SSSR count). The summed E-state index contributed by atoms with van der Waals surface area (Å²) in [6.45, 7) is 3.53. The summed E-state index contributed by atoms with van der Waals surface area (Å²) in [4.78, 5) is 9.34. The number of rotatable bonds is 8. The van der Waals surface area contributed by atoms with Crippen LogP contribution in [0.2, 0.25) is 0 Å². The SMILES string of the molecule is CCCCOc1ccc(CCOOC)cc1. The summed E-state index contributed by atoms with van der Waals surface area (Å²) in [6, 6.07) is 8.11. The molecule has 0 amide bonds. The normalized spacial score (nSPS) is 10.4. The molecule has 3 nitrogen and oxygen atoms in total. The first-order valence-electron chi connectivity index (χ1n) is 5.74. The van der Waals surface area contributed by atoms with E-state index in [0.717, 1.165) is 31.6 Å². The molecule has 1 aromatic carbocycles. The Hall–Kier alpha value is -1.06. The summed E-state index contributed by atoms with van der Waals surface area (Å²) < 4.78 is 5.57. The first kappa shape index (κ1) is 13.0. The standard InChI is InChI=1S/C13H20O3/c1-3-4-10-15-13-7-5-12(6-8-13)9-11-16-14-2/h5-8H,3-4,9-11H2,1-2H3. The minimum absolute atomic E-state index is 0.576. The Morgan fingerprint density at radius 2 is 1.81 bits per heavy atom. The lowest BCUT2D eigenvalue weighted by Crippen LogP contribution is -1.98. The van der Waals surface area contributed by atoms with Gasteiger partial charge < -0.3 is 4.74 Å². The van der Waals surface area contributed by atoms with E-state index in [4.69, 9.17) is 9.62 Å². The van der Waals surface area contributed by atoms with Crippen molar-refractivity contribution in [2.75, 3.05) is 20.3 Å². The maximum atomic E-state index is 5.57. The zero-order valence-corrected chi connectivity index (χ0v) is 10.1. The summed E-state index contributed by atoms with van der Waals surface area (Å²) in [7, 11) is 1.52. The molecule has 0 aliphatic rings. The molecule has 0 radical (unpaired) electrons. The second-order valence-corrected chi connectivity index (χ2v) is 3.58. The Balaban J connectivity index is 2.30. The highest BCUT2D eigenvalue weighted by Gasteiger charge is 1.96. The van der Waals surface area contributed by atoms with E-state index in [1.54, 1.807) is 0 Å². The molecule has 0 spiro atoms. The Morgan fingerprint density at radius 1 is 1.06 bits per heavy atom. The van der Waals surface area contributed by atoms with E-state index >= 15 is 0 Å². The van der Waals surface area contributed by atoms with Crippen LogP contribution in [0.5, 0.6) is 5.75 Å². The molecule has 0 saturated carbocycles. The molecular formula is C13H20O3. The van der Waals surface area contributed by atoms with Crippen molar-refractivity contribution in [3.8, 4) is 5.75 Å². The molecule has 0 heterocycles. The van der Waals surface area contributed by atoms with Crippen molar-refractivity contribution < 1.29 is 14.5 Å². The van der Waals surface area contributed by atoms with Crippen molar-refractivity contribution in [2.24, 2.45) is 0 Å². The second kappa shape index (κ2) is 8.13. The van der Waals surface area contributed by atoms with Crippen LogP contribution in [0.4, 0.5) is 0 Å². The lowest BCUT2D eigenvalue weighted by Gasteiger charge is -2.06. The van der Waals surface area contributed by atoms with Gasteiger partial charge in [-0.2, -0.15) is 0 Å². The van der Waals surface area contributed by atoms with Crippen molar-refractivity contribution in [3.63, 3.8) is 0 Å². The molecule has 0 aliphatic heterocycles. The zero-order valence-electron chi connectivity index (χ0n) is 10.1. The molecule has 16 heavy (non-hydrogen) atoms. The van der Waals surface area contributed by atoms with Gasteiger partial charge in [-0.25, -0.2) is 9.78 Å². The van der Waals surface area contributed by atoms with Gasteiger partial charge in [-0.1, -0.05) is 25.5 Å². The van der Waals surface area contributed by atoms with Crippen LogP contribution < -0.4 is 4.74 Å². The quantitative estimate of drug-likeness (QED) is 0.386. The molecule has 1 aromatic rings. The summed E-state index contributed by atoms with van der Waals surface area (Å²) in [5.41, 5.74) is 1.22. The van der Waals surface area contributed by atoms with Gasteiger partial charge in [0.25, 0.3) is 0 Å². The van der Waals surface area contributed by atoms with Crippen molar-refractivity contribution in [1.82, 2.24) is 0 Å². The number of ether oxygens (including phenoxy) is 1. The van der Waals surface area contributed by atoms with Gasteiger partial charge in [0.2, 0.25) is 0 Å². The first-order chi connectivity index (χ1) is 7.86. The van der Waals surface area contributed by atoms with E-state index in [0.29, 0.717) is 6.61 Å². The topological polar surface area (TPSA) is 27.7 Å². The third kappa shape index (κ3) is 5.14. The van der Waals surface area contributed by atoms with E-state index in [1.807, 2.05) is 12.1 Å². The van der Waals surface area contributed by atoms with Gasteiger partial charge in [0, 0.05) is 0 Å². The molecule has 0 bridgehead atoms. The molecule has 90 valence electrons. The van der Waals surface area contributed by atoms with Crippen LogP contribution in [-0.4, -0.2) is 20.3 Å². The van der Waals surface area contributed by atoms with Crippen LogP contribution in [-0.2, 0) is 16.2 Å². The van der Waals surface area contributed by atoms with Crippen LogP contribution >= 0.6 is 0 Å². The van der Waals surface area contributed by atoms with Gasteiger partial charge in [0.05, 0.1) is 20.3 Å². The minimum atomic E-state index is 0.576. The Kier molecular flexibility index (Phi) is 6.61. The maximum absolute atomic E-state index is 5.57. The van der Waals surface area contributed by atoms with Crippen LogP contribution in [0.3, 0.4) is 0 Å². The molecule has 0 aliphatic carbocycles. The Bertz CT molecular complexity index is 240. The van der Waals surface area contributed by atoms with Crippen molar-refractivity contribution >= 4 is 0 Å². The van der Waals surface area contributed by atoms with Gasteiger partial charge in [-0.3, -0.25) is 0 Å². The van der Waals surface area contributed by atoms with E-state index in [1.165, 1.54) is 12.7 Å². The Labute approximate surface area is 97.3 Å². The fourth-order valence-corrected chi connectivity index (χ4v) is 1.33. The summed E-state index contributed by atoms with van der Waals surface area (Å²) >= 11 is 0. The summed E-state index contributed by atoms with van der Waals surface area (Å²) in [5, 5.41) is 0.